The number of hydrogen-bond donors (Lipinski definition) is 1. The van der Waals surface area contributed by atoms with Crippen molar-refractivity contribution in [1.29, 1.82) is 0 Å². The first-order valence-electron chi connectivity index (χ1n) is 4.77. The number of rotatable bonds is 2. The zero-order valence-corrected chi connectivity index (χ0v) is 10.7. The molecule has 1 aromatic heterocycles. The Morgan fingerprint density at radius 3 is 3.00 bits per heavy atom. The second-order valence-electron chi connectivity index (χ2n) is 3.62. The number of nitrogens with one attached hydrogen (secondary N) is 1. The molecule has 2 heterocycles. The van der Waals surface area contributed by atoms with Crippen molar-refractivity contribution in [2.45, 2.75) is 18.3 Å². The van der Waals surface area contributed by atoms with E-state index in [1.54, 1.807) is 6.20 Å². The smallest absolute Gasteiger partial charge is 0.126 e. The molecule has 1 N–H and O–H groups in total. The lowest BCUT2D eigenvalue weighted by Gasteiger charge is -2.15. The van der Waals surface area contributed by atoms with Crippen LogP contribution >= 0.6 is 27.5 Å². The summed E-state index contributed by atoms with van der Waals surface area (Å²) in [6.45, 7) is 3.28. The predicted octanol–water partition coefficient (Wildman–Crippen LogP) is 2.57. The Kier molecular flexibility index (Phi) is 3.49. The Labute approximate surface area is 102 Å². The van der Waals surface area contributed by atoms with Crippen LogP contribution in [0.1, 0.15) is 5.56 Å². The lowest BCUT2D eigenvalue weighted by Crippen LogP contribution is -2.28. The average Bonchev–Trinajstić information content (AvgIpc) is 2.59. The van der Waals surface area contributed by atoms with Crippen LogP contribution in [-0.4, -0.2) is 29.6 Å². The molecule has 5 heteroatoms. The van der Waals surface area contributed by atoms with E-state index in [9.17, 15) is 0 Å². The fourth-order valence-corrected chi connectivity index (χ4v) is 1.91. The van der Waals surface area contributed by atoms with Gasteiger partial charge in [0.1, 0.15) is 5.82 Å². The van der Waals surface area contributed by atoms with Gasteiger partial charge in [-0.15, -0.1) is 11.6 Å². The summed E-state index contributed by atoms with van der Waals surface area (Å²) in [5.41, 5.74) is 1.15. The third-order valence-electron chi connectivity index (χ3n) is 2.39. The first-order chi connectivity index (χ1) is 7.16. The zero-order valence-electron chi connectivity index (χ0n) is 8.34. The van der Waals surface area contributed by atoms with Crippen molar-refractivity contribution in [2.24, 2.45) is 0 Å². The molecule has 0 bridgehead atoms. The first kappa shape index (κ1) is 11.2. The minimum Gasteiger partial charge on any atom is -0.378 e. The molecule has 0 radical (unpaired) electrons. The zero-order chi connectivity index (χ0) is 10.8. The maximum Gasteiger partial charge on any atom is 0.126 e. The van der Waals surface area contributed by atoms with Crippen LogP contribution in [0.4, 0.5) is 5.82 Å². The van der Waals surface area contributed by atoms with E-state index in [-0.39, 0.29) is 11.4 Å². The van der Waals surface area contributed by atoms with Gasteiger partial charge in [0.15, 0.2) is 0 Å². The highest BCUT2D eigenvalue weighted by molar-refractivity contribution is 9.10. The number of ether oxygens (including phenoxy) is 1. The van der Waals surface area contributed by atoms with Crippen LogP contribution in [0, 0.1) is 6.92 Å². The fraction of sp³-hybridized carbons (Fsp3) is 0.500. The standard InChI is InChI=1S/C10H12BrClN2O/c1-6-2-10(13-3-7(6)11)14-9-5-15-4-8(9)12/h2-3,8-9H,4-5H2,1H3,(H,13,14). The van der Waals surface area contributed by atoms with E-state index in [0.717, 1.165) is 15.9 Å². The van der Waals surface area contributed by atoms with Gasteiger partial charge in [-0.2, -0.15) is 0 Å². The molecule has 0 spiro atoms. The molecule has 0 amide bonds. The Morgan fingerprint density at radius 2 is 2.40 bits per heavy atom. The van der Waals surface area contributed by atoms with Gasteiger partial charge < -0.3 is 10.1 Å². The summed E-state index contributed by atoms with van der Waals surface area (Å²) in [4.78, 5) is 4.26. The van der Waals surface area contributed by atoms with Crippen LogP contribution in [0.2, 0.25) is 0 Å². The summed E-state index contributed by atoms with van der Waals surface area (Å²) in [5.74, 6) is 0.844. The van der Waals surface area contributed by atoms with Crippen molar-refractivity contribution in [1.82, 2.24) is 4.98 Å². The lowest BCUT2D eigenvalue weighted by molar-refractivity contribution is 0.196. The number of alkyl halides is 1. The van der Waals surface area contributed by atoms with Gasteiger partial charge in [-0.05, 0) is 34.5 Å². The topological polar surface area (TPSA) is 34.1 Å². The van der Waals surface area contributed by atoms with Crippen molar-refractivity contribution in [3.8, 4) is 0 Å². The van der Waals surface area contributed by atoms with Gasteiger partial charge in [-0.1, -0.05) is 0 Å². The molecule has 15 heavy (non-hydrogen) atoms. The summed E-state index contributed by atoms with van der Waals surface area (Å²) in [6, 6.07) is 2.14. The normalized spacial score (nSPS) is 25.5. The molecule has 82 valence electrons. The van der Waals surface area contributed by atoms with Gasteiger partial charge in [-0.3, -0.25) is 0 Å². The molecule has 1 aliphatic rings. The van der Waals surface area contributed by atoms with Gasteiger partial charge in [0.05, 0.1) is 24.6 Å². The monoisotopic (exact) mass is 290 g/mol. The second kappa shape index (κ2) is 4.68. The third-order valence-corrected chi connectivity index (χ3v) is 3.65. The lowest BCUT2D eigenvalue weighted by atomic mass is 10.2. The molecule has 1 aliphatic heterocycles. The predicted molar refractivity (Wildman–Crippen MR) is 64.5 cm³/mol. The number of aromatic nitrogens is 1. The Balaban J connectivity index is 2.07. The SMILES string of the molecule is Cc1cc(NC2COCC2Cl)ncc1Br. The maximum absolute atomic E-state index is 6.07. The number of halogens is 2. The Morgan fingerprint density at radius 1 is 1.60 bits per heavy atom. The molecule has 2 rings (SSSR count). The fourth-order valence-electron chi connectivity index (χ4n) is 1.47. The van der Waals surface area contributed by atoms with Crippen LogP contribution in [-0.2, 0) is 4.74 Å². The van der Waals surface area contributed by atoms with E-state index in [1.807, 2.05) is 13.0 Å². The molecule has 0 aromatic carbocycles. The summed E-state index contributed by atoms with van der Waals surface area (Å²) >= 11 is 9.49. The van der Waals surface area contributed by atoms with Gasteiger partial charge in [-0.25, -0.2) is 4.98 Å². The van der Waals surface area contributed by atoms with E-state index in [4.69, 9.17) is 16.3 Å². The molecule has 3 nitrogen and oxygen atoms in total. The van der Waals surface area contributed by atoms with E-state index in [0.29, 0.717) is 13.2 Å². The van der Waals surface area contributed by atoms with Crippen LogP contribution in [0.25, 0.3) is 0 Å². The first-order valence-corrected chi connectivity index (χ1v) is 6.00. The van der Waals surface area contributed by atoms with Crippen molar-refractivity contribution in [3.05, 3.63) is 22.3 Å². The van der Waals surface area contributed by atoms with Gasteiger partial charge in [0.25, 0.3) is 0 Å². The summed E-state index contributed by atoms with van der Waals surface area (Å²) in [5, 5.41) is 3.29. The highest BCUT2D eigenvalue weighted by Gasteiger charge is 2.26. The van der Waals surface area contributed by atoms with Gasteiger partial charge in [0.2, 0.25) is 0 Å². The molecule has 1 saturated heterocycles. The maximum atomic E-state index is 6.07. The van der Waals surface area contributed by atoms with Gasteiger partial charge in [0, 0.05) is 10.7 Å². The van der Waals surface area contributed by atoms with Crippen LogP contribution < -0.4 is 5.32 Å². The number of nitrogens with zero attached hydrogens (tertiary/aromatic N) is 1. The molecule has 2 unspecified atom stereocenters. The average molecular weight is 292 g/mol. The summed E-state index contributed by atoms with van der Waals surface area (Å²) in [7, 11) is 0. The van der Waals surface area contributed by atoms with E-state index in [1.165, 1.54) is 0 Å². The largest absolute Gasteiger partial charge is 0.378 e. The molecule has 0 aliphatic carbocycles. The van der Waals surface area contributed by atoms with E-state index >= 15 is 0 Å². The van der Waals surface area contributed by atoms with E-state index in [2.05, 4.69) is 26.2 Å². The highest BCUT2D eigenvalue weighted by Crippen LogP contribution is 2.20. The molecule has 1 fully saturated rings. The summed E-state index contributed by atoms with van der Waals surface area (Å²) in [6.07, 6.45) is 1.79. The van der Waals surface area contributed by atoms with Crippen LogP contribution in [0.3, 0.4) is 0 Å². The molecule has 1 aromatic rings. The number of pyridine rings is 1. The Hall–Kier alpha value is -0.320. The molecular formula is C10H12BrClN2O. The Bertz CT molecular complexity index is 361. The van der Waals surface area contributed by atoms with Crippen molar-refractivity contribution >= 4 is 33.3 Å². The minimum absolute atomic E-state index is 0.0238. The number of anilines is 1. The molecular weight excluding hydrogens is 279 g/mol. The highest BCUT2D eigenvalue weighted by atomic mass is 79.9. The third kappa shape index (κ3) is 2.62. The minimum atomic E-state index is 0.0238. The number of aryl methyl sites for hydroxylation is 1. The molecule has 0 saturated carbocycles. The van der Waals surface area contributed by atoms with Crippen LogP contribution in [0.5, 0.6) is 0 Å². The van der Waals surface area contributed by atoms with Crippen molar-refractivity contribution < 1.29 is 4.74 Å². The quantitative estimate of drug-likeness (QED) is 0.851. The summed E-state index contributed by atoms with van der Waals surface area (Å²) < 4.78 is 6.28. The van der Waals surface area contributed by atoms with E-state index < -0.39 is 0 Å². The van der Waals surface area contributed by atoms with Gasteiger partial charge >= 0.3 is 0 Å². The number of hydrogen-bond acceptors (Lipinski definition) is 3. The van der Waals surface area contributed by atoms with Crippen molar-refractivity contribution in [3.63, 3.8) is 0 Å². The molecule has 2 atom stereocenters. The van der Waals surface area contributed by atoms with Crippen molar-refractivity contribution in [2.75, 3.05) is 18.5 Å². The van der Waals surface area contributed by atoms with Crippen LogP contribution in [0.15, 0.2) is 16.7 Å². The second-order valence-corrected chi connectivity index (χ2v) is 5.04.